The van der Waals surface area contributed by atoms with Gasteiger partial charge in [-0.05, 0) is 83.5 Å². The molecule has 372 valence electrons. The first-order valence-corrected chi connectivity index (χ1v) is 27.4. The number of rotatable bonds is 49. The summed E-state index contributed by atoms with van der Waals surface area (Å²) >= 11 is 0. The molecular formula is C54H97O9P. The van der Waals surface area contributed by atoms with E-state index < -0.39 is 39.2 Å². The van der Waals surface area contributed by atoms with E-state index in [4.69, 9.17) is 23.6 Å². The van der Waals surface area contributed by atoms with Gasteiger partial charge in [-0.15, -0.1) is 0 Å². The number of carbonyl (C=O) groups is 1. The molecule has 0 radical (unpaired) electrons. The van der Waals surface area contributed by atoms with Crippen LogP contribution in [0, 0.1) is 0 Å². The van der Waals surface area contributed by atoms with E-state index in [2.05, 4.69) is 86.8 Å². The van der Waals surface area contributed by atoms with E-state index in [-0.39, 0.29) is 19.6 Å². The van der Waals surface area contributed by atoms with Crippen LogP contribution >= 0.6 is 7.82 Å². The number of hydrogen-bond acceptors (Lipinski definition) is 8. The highest BCUT2D eigenvalue weighted by Crippen LogP contribution is 2.43. The summed E-state index contributed by atoms with van der Waals surface area (Å²) < 4.78 is 33.5. The highest BCUT2D eigenvalue weighted by molar-refractivity contribution is 7.47. The highest BCUT2D eigenvalue weighted by atomic mass is 31.2. The van der Waals surface area contributed by atoms with Gasteiger partial charge >= 0.3 is 13.8 Å². The summed E-state index contributed by atoms with van der Waals surface area (Å²) in [6, 6.07) is 0. The molecule has 0 bridgehead atoms. The number of esters is 1. The van der Waals surface area contributed by atoms with Gasteiger partial charge in [0.1, 0.15) is 12.2 Å². The van der Waals surface area contributed by atoms with Gasteiger partial charge in [-0.3, -0.25) is 13.8 Å². The molecule has 0 aromatic heterocycles. The minimum atomic E-state index is -4.53. The SMILES string of the molecule is CC/C=C\C/C=C\C/C=C\C/C=C\C/C=C\CCCCCCCCCC(=O)OC(COCCCCCCCCCCCC/C=C\CCCCCCCC)COP(=O)(O)OCC(O)CO. The van der Waals surface area contributed by atoms with Gasteiger partial charge in [0.2, 0.25) is 0 Å². The number of carbonyl (C=O) groups excluding carboxylic acids is 1. The number of ether oxygens (including phenoxy) is 2. The van der Waals surface area contributed by atoms with Crippen molar-refractivity contribution in [2.45, 2.75) is 232 Å². The van der Waals surface area contributed by atoms with Crippen LogP contribution in [-0.2, 0) is 27.9 Å². The molecule has 0 amide bonds. The molecule has 0 spiro atoms. The topological polar surface area (TPSA) is 132 Å². The van der Waals surface area contributed by atoms with Crippen LogP contribution in [0.25, 0.3) is 0 Å². The second-order valence-electron chi connectivity index (χ2n) is 17.2. The summed E-state index contributed by atoms with van der Waals surface area (Å²) in [5, 5.41) is 18.4. The zero-order chi connectivity index (χ0) is 46.7. The minimum absolute atomic E-state index is 0.0412. The summed E-state index contributed by atoms with van der Waals surface area (Å²) in [5.41, 5.74) is 0. The lowest BCUT2D eigenvalue weighted by Gasteiger charge is -2.20. The van der Waals surface area contributed by atoms with E-state index in [9.17, 15) is 19.4 Å². The molecule has 10 heteroatoms. The van der Waals surface area contributed by atoms with Crippen molar-refractivity contribution in [3.05, 3.63) is 72.9 Å². The zero-order valence-electron chi connectivity index (χ0n) is 41.0. The molecule has 0 aliphatic carbocycles. The van der Waals surface area contributed by atoms with E-state index in [0.717, 1.165) is 77.0 Å². The highest BCUT2D eigenvalue weighted by Gasteiger charge is 2.26. The van der Waals surface area contributed by atoms with Crippen molar-refractivity contribution in [2.24, 2.45) is 0 Å². The summed E-state index contributed by atoms with van der Waals surface area (Å²) in [5.74, 6) is -0.394. The van der Waals surface area contributed by atoms with Gasteiger partial charge < -0.3 is 24.6 Å². The number of unbranched alkanes of at least 4 members (excludes halogenated alkanes) is 23. The van der Waals surface area contributed by atoms with Crippen LogP contribution in [0.15, 0.2) is 72.9 Å². The van der Waals surface area contributed by atoms with Crippen molar-refractivity contribution in [1.82, 2.24) is 0 Å². The van der Waals surface area contributed by atoms with Gasteiger partial charge in [0.25, 0.3) is 0 Å². The predicted molar refractivity (Wildman–Crippen MR) is 269 cm³/mol. The average molecular weight is 921 g/mol. The van der Waals surface area contributed by atoms with E-state index in [1.807, 2.05) is 0 Å². The Balaban J connectivity index is 4.11. The molecule has 64 heavy (non-hydrogen) atoms. The fraction of sp³-hybridized carbons (Fsp3) is 0.759. The third-order valence-corrected chi connectivity index (χ3v) is 11.8. The Hall–Kier alpha value is -2.10. The van der Waals surface area contributed by atoms with Gasteiger partial charge in [0.05, 0.1) is 26.4 Å². The van der Waals surface area contributed by atoms with Gasteiger partial charge in [-0.2, -0.15) is 0 Å². The average Bonchev–Trinajstić information content (AvgIpc) is 3.29. The smallest absolute Gasteiger partial charge is 0.457 e. The van der Waals surface area contributed by atoms with E-state index in [1.165, 1.54) is 116 Å². The molecule has 3 atom stereocenters. The molecule has 0 saturated heterocycles. The van der Waals surface area contributed by atoms with Crippen molar-refractivity contribution in [1.29, 1.82) is 0 Å². The summed E-state index contributed by atoms with van der Waals surface area (Å²) in [4.78, 5) is 22.7. The number of allylic oxidation sites excluding steroid dienone is 12. The Kier molecular flexibility index (Phi) is 48.7. The normalized spacial score (nSPS) is 14.4. The summed E-state index contributed by atoms with van der Waals surface area (Å²) in [6.45, 7) is 3.40. The maximum atomic E-state index is 12.7. The summed E-state index contributed by atoms with van der Waals surface area (Å²) in [6.07, 6.45) is 61.5. The third-order valence-electron chi connectivity index (χ3n) is 10.9. The van der Waals surface area contributed by atoms with Crippen LogP contribution in [0.4, 0.5) is 0 Å². The van der Waals surface area contributed by atoms with Crippen LogP contribution in [-0.4, -0.2) is 66.3 Å². The van der Waals surface area contributed by atoms with Crippen molar-refractivity contribution in [3.63, 3.8) is 0 Å². The Morgan fingerprint density at radius 2 is 0.891 bits per heavy atom. The molecule has 0 aliphatic heterocycles. The molecule has 9 nitrogen and oxygen atoms in total. The molecule has 0 rings (SSSR count). The van der Waals surface area contributed by atoms with Crippen LogP contribution in [0.1, 0.15) is 219 Å². The van der Waals surface area contributed by atoms with E-state index in [1.54, 1.807) is 0 Å². The minimum Gasteiger partial charge on any atom is -0.457 e. The maximum Gasteiger partial charge on any atom is 0.472 e. The van der Waals surface area contributed by atoms with Gasteiger partial charge in [-0.25, -0.2) is 4.57 Å². The lowest BCUT2D eigenvalue weighted by molar-refractivity contribution is -0.154. The number of phosphoric ester groups is 1. The van der Waals surface area contributed by atoms with Gasteiger partial charge in [0, 0.05) is 13.0 Å². The molecular weight excluding hydrogens is 824 g/mol. The number of aliphatic hydroxyl groups is 2. The van der Waals surface area contributed by atoms with Crippen molar-refractivity contribution in [2.75, 3.05) is 33.0 Å². The van der Waals surface area contributed by atoms with Crippen LogP contribution < -0.4 is 0 Å². The quantitative estimate of drug-likeness (QED) is 0.0236. The van der Waals surface area contributed by atoms with Crippen LogP contribution in [0.5, 0.6) is 0 Å². The lowest BCUT2D eigenvalue weighted by atomic mass is 10.1. The largest absolute Gasteiger partial charge is 0.472 e. The number of aliphatic hydroxyl groups excluding tert-OH is 2. The molecule has 0 aromatic carbocycles. The van der Waals surface area contributed by atoms with Gasteiger partial charge in [0.15, 0.2) is 0 Å². The van der Waals surface area contributed by atoms with Gasteiger partial charge in [-0.1, -0.05) is 202 Å². The van der Waals surface area contributed by atoms with Crippen molar-refractivity contribution >= 4 is 13.8 Å². The fourth-order valence-corrected chi connectivity index (χ4v) is 7.76. The molecule has 3 unspecified atom stereocenters. The molecule has 0 fully saturated rings. The Labute approximate surface area is 392 Å². The third kappa shape index (κ3) is 49.3. The monoisotopic (exact) mass is 921 g/mol. The van der Waals surface area contributed by atoms with E-state index in [0.29, 0.717) is 13.0 Å². The predicted octanol–water partition coefficient (Wildman–Crippen LogP) is 15.3. The maximum absolute atomic E-state index is 12.7. The number of phosphoric acid groups is 1. The Morgan fingerprint density at radius 1 is 0.500 bits per heavy atom. The molecule has 0 aromatic rings. The van der Waals surface area contributed by atoms with E-state index >= 15 is 0 Å². The second kappa shape index (κ2) is 50.3. The molecule has 0 saturated carbocycles. The van der Waals surface area contributed by atoms with Crippen molar-refractivity contribution < 1.29 is 43.0 Å². The molecule has 3 N–H and O–H groups in total. The first-order chi connectivity index (χ1) is 31.3. The summed E-state index contributed by atoms with van der Waals surface area (Å²) in [7, 11) is -4.53. The first kappa shape index (κ1) is 61.9. The van der Waals surface area contributed by atoms with Crippen molar-refractivity contribution in [3.8, 4) is 0 Å². The first-order valence-electron chi connectivity index (χ1n) is 25.9. The van der Waals surface area contributed by atoms with Crippen LogP contribution in [0.3, 0.4) is 0 Å². The lowest BCUT2D eigenvalue weighted by Crippen LogP contribution is -2.29. The standard InChI is InChI=1S/C54H97O9P/c1-3-5-7-9-11-13-15-17-19-21-23-25-26-27-28-30-32-34-36-38-40-42-44-46-54(57)63-53(51-62-64(58,59)61-49-52(56)48-55)50-60-47-45-43-41-39-37-35-33-31-29-24-22-20-18-16-14-12-10-8-6-4-2/h5,7,11,13,17-20,23,25,27-28,52-53,55-56H,3-4,6,8-10,12,14-16,21-22,24,26,29-51H2,1-2H3,(H,58,59)/b7-5-,13-11-,19-17-,20-18-,25-23-,28-27-. The van der Waals surface area contributed by atoms with Crippen LogP contribution in [0.2, 0.25) is 0 Å². The second-order valence-corrected chi connectivity index (χ2v) is 18.6. The number of hydrogen-bond donors (Lipinski definition) is 3. The molecule has 0 aliphatic rings. The Bertz CT molecular complexity index is 1230. The molecule has 0 heterocycles. The Morgan fingerprint density at radius 3 is 1.36 bits per heavy atom. The zero-order valence-corrected chi connectivity index (χ0v) is 41.9. The fourth-order valence-electron chi connectivity index (χ4n) is 6.97.